The minimum absolute atomic E-state index is 0.134. The van der Waals surface area contributed by atoms with Gasteiger partial charge in [0.05, 0.1) is 6.54 Å². The third kappa shape index (κ3) is 4.14. The first-order valence-corrected chi connectivity index (χ1v) is 9.68. The molecule has 0 aliphatic rings. The van der Waals surface area contributed by atoms with Gasteiger partial charge in [-0.2, -0.15) is 5.10 Å². The summed E-state index contributed by atoms with van der Waals surface area (Å²) in [5, 5.41) is 7.45. The quantitative estimate of drug-likeness (QED) is 0.477. The minimum atomic E-state index is -0.436. The average molecular weight is 398 g/mol. The van der Waals surface area contributed by atoms with Crippen LogP contribution in [-0.4, -0.2) is 27.7 Å². The van der Waals surface area contributed by atoms with Gasteiger partial charge in [0.25, 0.3) is 0 Å². The second-order valence-corrected chi connectivity index (χ2v) is 6.92. The molecule has 1 heterocycles. The number of benzene rings is 3. The third-order valence-electron chi connectivity index (χ3n) is 4.91. The van der Waals surface area contributed by atoms with E-state index in [4.69, 9.17) is 15.5 Å². The standard InChI is InChI=1S/C24H22N4O2/c1-16-20(18-8-3-2-4-9-18)11-6-12-21(16)24-26-23(27-28-24)19-10-5-7-17(13-19)15-30-22(29)14-25/h2-13H,14-15,25H2,1H3,(H,26,27,28). The summed E-state index contributed by atoms with van der Waals surface area (Å²) >= 11 is 0. The summed E-state index contributed by atoms with van der Waals surface area (Å²) in [7, 11) is 0. The Morgan fingerprint density at radius 1 is 0.967 bits per heavy atom. The number of rotatable bonds is 6. The van der Waals surface area contributed by atoms with Gasteiger partial charge in [-0.3, -0.25) is 9.89 Å². The molecule has 0 aliphatic heterocycles. The number of H-pyrrole nitrogens is 1. The zero-order valence-electron chi connectivity index (χ0n) is 16.6. The van der Waals surface area contributed by atoms with Crippen LogP contribution in [0.4, 0.5) is 0 Å². The van der Waals surface area contributed by atoms with Gasteiger partial charge in [-0.25, -0.2) is 4.98 Å². The van der Waals surface area contributed by atoms with E-state index in [1.165, 1.54) is 0 Å². The maximum absolute atomic E-state index is 11.3. The fourth-order valence-corrected chi connectivity index (χ4v) is 3.36. The number of nitrogens with one attached hydrogen (secondary N) is 1. The number of hydrogen-bond donors (Lipinski definition) is 2. The number of aromatic nitrogens is 3. The van der Waals surface area contributed by atoms with Crippen molar-refractivity contribution in [2.24, 2.45) is 5.73 Å². The molecule has 6 heteroatoms. The second-order valence-electron chi connectivity index (χ2n) is 6.92. The molecule has 1 aromatic heterocycles. The molecule has 0 saturated carbocycles. The number of esters is 1. The van der Waals surface area contributed by atoms with Gasteiger partial charge in [0.2, 0.25) is 0 Å². The monoisotopic (exact) mass is 398 g/mol. The number of nitrogens with zero attached hydrogens (tertiary/aromatic N) is 2. The van der Waals surface area contributed by atoms with Crippen LogP contribution >= 0.6 is 0 Å². The van der Waals surface area contributed by atoms with E-state index in [1.807, 2.05) is 54.6 Å². The molecule has 4 rings (SSSR count). The van der Waals surface area contributed by atoms with Gasteiger partial charge < -0.3 is 10.5 Å². The molecular formula is C24H22N4O2. The highest BCUT2D eigenvalue weighted by Gasteiger charge is 2.13. The minimum Gasteiger partial charge on any atom is -0.460 e. The van der Waals surface area contributed by atoms with E-state index >= 15 is 0 Å². The molecule has 0 spiro atoms. The lowest BCUT2D eigenvalue weighted by atomic mass is 9.96. The van der Waals surface area contributed by atoms with Gasteiger partial charge in [0, 0.05) is 11.1 Å². The maximum Gasteiger partial charge on any atom is 0.320 e. The molecule has 0 radical (unpaired) electrons. The third-order valence-corrected chi connectivity index (χ3v) is 4.91. The normalized spacial score (nSPS) is 10.7. The SMILES string of the molecule is Cc1c(-c2ccccc2)cccc1-c1nc(-c2cccc(COC(=O)CN)c2)n[nH]1. The smallest absolute Gasteiger partial charge is 0.320 e. The van der Waals surface area contributed by atoms with Gasteiger partial charge in [-0.1, -0.05) is 66.7 Å². The Morgan fingerprint density at radius 2 is 1.70 bits per heavy atom. The van der Waals surface area contributed by atoms with E-state index in [2.05, 4.69) is 35.3 Å². The lowest BCUT2D eigenvalue weighted by Crippen LogP contribution is -2.16. The van der Waals surface area contributed by atoms with E-state index in [9.17, 15) is 4.79 Å². The second kappa shape index (κ2) is 8.71. The van der Waals surface area contributed by atoms with Crippen molar-refractivity contribution in [3.8, 4) is 33.9 Å². The molecule has 150 valence electrons. The molecule has 3 aromatic carbocycles. The van der Waals surface area contributed by atoms with Crippen molar-refractivity contribution < 1.29 is 9.53 Å². The summed E-state index contributed by atoms with van der Waals surface area (Å²) in [5.74, 6) is 0.858. The number of carbonyl (C=O) groups excluding carboxylic acids is 1. The number of hydrogen-bond acceptors (Lipinski definition) is 5. The topological polar surface area (TPSA) is 93.9 Å². The van der Waals surface area contributed by atoms with Crippen molar-refractivity contribution in [2.75, 3.05) is 6.54 Å². The first-order chi connectivity index (χ1) is 14.7. The Morgan fingerprint density at radius 3 is 2.50 bits per heavy atom. The predicted octanol–water partition coefficient (Wildman–Crippen LogP) is 4.12. The van der Waals surface area contributed by atoms with Gasteiger partial charge >= 0.3 is 5.97 Å². The zero-order valence-corrected chi connectivity index (χ0v) is 16.6. The van der Waals surface area contributed by atoms with E-state index < -0.39 is 5.97 Å². The molecule has 0 amide bonds. The molecule has 0 fully saturated rings. The van der Waals surface area contributed by atoms with Crippen molar-refractivity contribution in [1.82, 2.24) is 15.2 Å². The highest BCUT2D eigenvalue weighted by molar-refractivity contribution is 5.76. The van der Waals surface area contributed by atoms with Gasteiger partial charge in [0.1, 0.15) is 6.61 Å². The first-order valence-electron chi connectivity index (χ1n) is 9.68. The Bertz CT molecular complexity index is 1170. The van der Waals surface area contributed by atoms with Gasteiger partial charge in [-0.05, 0) is 35.2 Å². The molecule has 0 atom stereocenters. The summed E-state index contributed by atoms with van der Waals surface area (Å²) in [6, 6.07) is 24.0. The Balaban J connectivity index is 1.62. The van der Waals surface area contributed by atoms with Crippen LogP contribution in [0.25, 0.3) is 33.9 Å². The fraction of sp³-hybridized carbons (Fsp3) is 0.125. The van der Waals surface area contributed by atoms with Crippen molar-refractivity contribution in [1.29, 1.82) is 0 Å². The lowest BCUT2D eigenvalue weighted by Gasteiger charge is -2.09. The van der Waals surface area contributed by atoms with Crippen LogP contribution in [0.15, 0.2) is 72.8 Å². The summed E-state index contributed by atoms with van der Waals surface area (Å²) in [6.45, 7) is 2.12. The maximum atomic E-state index is 11.3. The highest BCUT2D eigenvalue weighted by Crippen LogP contribution is 2.31. The van der Waals surface area contributed by atoms with Crippen molar-refractivity contribution >= 4 is 5.97 Å². The summed E-state index contributed by atoms with van der Waals surface area (Å²) < 4.78 is 5.10. The Kier molecular flexibility index (Phi) is 5.68. The van der Waals surface area contributed by atoms with E-state index in [0.717, 1.165) is 33.4 Å². The number of nitrogens with two attached hydrogens (primary N) is 1. The van der Waals surface area contributed by atoms with Crippen LogP contribution in [0, 0.1) is 6.92 Å². The number of aromatic amines is 1. The van der Waals surface area contributed by atoms with E-state index in [0.29, 0.717) is 11.6 Å². The molecule has 3 N–H and O–H groups in total. The molecular weight excluding hydrogens is 376 g/mol. The van der Waals surface area contributed by atoms with Crippen LogP contribution in [0.1, 0.15) is 11.1 Å². The highest BCUT2D eigenvalue weighted by atomic mass is 16.5. The Labute approximate surface area is 174 Å². The Hall–Kier alpha value is -3.77. The van der Waals surface area contributed by atoms with E-state index in [1.54, 1.807) is 0 Å². The summed E-state index contributed by atoms with van der Waals surface area (Å²) in [6.07, 6.45) is 0. The molecule has 0 bridgehead atoms. The molecule has 0 aliphatic carbocycles. The zero-order chi connectivity index (χ0) is 20.9. The molecule has 4 aromatic rings. The molecule has 30 heavy (non-hydrogen) atoms. The van der Waals surface area contributed by atoms with Gasteiger partial charge in [0.15, 0.2) is 11.6 Å². The fourth-order valence-electron chi connectivity index (χ4n) is 3.36. The molecule has 6 nitrogen and oxygen atoms in total. The predicted molar refractivity (Wildman–Crippen MR) is 116 cm³/mol. The molecule has 0 saturated heterocycles. The van der Waals surface area contributed by atoms with Crippen molar-refractivity contribution in [3.63, 3.8) is 0 Å². The van der Waals surface area contributed by atoms with Crippen LogP contribution < -0.4 is 5.73 Å². The number of ether oxygens (including phenoxy) is 1. The first kappa shape index (κ1) is 19.5. The van der Waals surface area contributed by atoms with Crippen LogP contribution in [0.2, 0.25) is 0 Å². The van der Waals surface area contributed by atoms with Gasteiger partial charge in [-0.15, -0.1) is 0 Å². The largest absolute Gasteiger partial charge is 0.460 e. The van der Waals surface area contributed by atoms with Crippen LogP contribution in [-0.2, 0) is 16.1 Å². The van der Waals surface area contributed by atoms with Crippen molar-refractivity contribution in [3.05, 3.63) is 83.9 Å². The average Bonchev–Trinajstić information content (AvgIpc) is 3.28. The van der Waals surface area contributed by atoms with Crippen LogP contribution in [0.5, 0.6) is 0 Å². The molecule has 0 unspecified atom stereocenters. The summed E-state index contributed by atoms with van der Waals surface area (Å²) in [5.41, 5.74) is 11.4. The lowest BCUT2D eigenvalue weighted by molar-refractivity contribution is -0.143. The van der Waals surface area contributed by atoms with Crippen molar-refractivity contribution in [2.45, 2.75) is 13.5 Å². The number of carbonyl (C=O) groups is 1. The van der Waals surface area contributed by atoms with Crippen LogP contribution in [0.3, 0.4) is 0 Å². The van der Waals surface area contributed by atoms with E-state index in [-0.39, 0.29) is 13.2 Å². The summed E-state index contributed by atoms with van der Waals surface area (Å²) in [4.78, 5) is 16.0.